The van der Waals surface area contributed by atoms with Gasteiger partial charge in [0, 0.05) is 45.5 Å². The van der Waals surface area contributed by atoms with Gasteiger partial charge in [-0.15, -0.1) is 24.0 Å². The third kappa shape index (κ3) is 7.06. The third-order valence-electron chi connectivity index (χ3n) is 4.88. The number of hydrogen-bond acceptors (Lipinski definition) is 4. The zero-order valence-corrected chi connectivity index (χ0v) is 20.0. The van der Waals surface area contributed by atoms with Crippen LogP contribution in [0.15, 0.2) is 53.5 Å². The van der Waals surface area contributed by atoms with Gasteiger partial charge < -0.3 is 20.4 Å². The van der Waals surface area contributed by atoms with Gasteiger partial charge in [-0.1, -0.05) is 24.3 Å². The van der Waals surface area contributed by atoms with Crippen molar-refractivity contribution in [2.75, 3.05) is 43.5 Å². The zero-order valence-electron chi connectivity index (χ0n) is 17.6. The average molecular weight is 508 g/mol. The van der Waals surface area contributed by atoms with Crippen molar-refractivity contribution in [3.05, 3.63) is 54.2 Å². The van der Waals surface area contributed by atoms with E-state index < -0.39 is 0 Å². The van der Waals surface area contributed by atoms with Crippen LogP contribution in [-0.4, -0.2) is 50.7 Å². The lowest BCUT2D eigenvalue weighted by atomic mass is 10.1. The summed E-state index contributed by atoms with van der Waals surface area (Å²) in [6, 6.07) is 17.1. The number of pyridine rings is 1. The molecule has 0 amide bonds. The Labute approximate surface area is 191 Å². The summed E-state index contributed by atoms with van der Waals surface area (Å²) in [6.45, 7) is 5.59. The molecular weight excluding hydrogens is 475 g/mol. The van der Waals surface area contributed by atoms with Gasteiger partial charge in [-0.3, -0.25) is 0 Å². The standard InChI is InChI=1S/C22H32N6.HI/c1-4-23-22(24-16-18-10-8-14-21(25-18)27(2)3)26-19-11-9-15-28(17-19)20-12-6-5-7-13-20;/h5-8,10,12-14,19H,4,9,11,15-17H2,1-3H3,(H2,23,24,26);1H. The molecule has 1 fully saturated rings. The minimum absolute atomic E-state index is 0. The van der Waals surface area contributed by atoms with Gasteiger partial charge >= 0.3 is 0 Å². The summed E-state index contributed by atoms with van der Waals surface area (Å²) in [7, 11) is 4.01. The molecule has 0 saturated carbocycles. The molecule has 1 aromatic carbocycles. The van der Waals surface area contributed by atoms with Crippen molar-refractivity contribution in [3.63, 3.8) is 0 Å². The molecule has 1 atom stereocenters. The molecule has 0 aliphatic carbocycles. The summed E-state index contributed by atoms with van der Waals surface area (Å²) in [5.74, 6) is 1.82. The van der Waals surface area contributed by atoms with Crippen molar-refractivity contribution in [3.8, 4) is 0 Å². The summed E-state index contributed by atoms with van der Waals surface area (Å²) in [5.41, 5.74) is 2.26. The molecule has 1 aliphatic rings. The molecule has 6 nitrogen and oxygen atoms in total. The summed E-state index contributed by atoms with van der Waals surface area (Å²) >= 11 is 0. The van der Waals surface area contributed by atoms with Crippen molar-refractivity contribution in [2.24, 2.45) is 4.99 Å². The Morgan fingerprint density at radius 1 is 1.17 bits per heavy atom. The van der Waals surface area contributed by atoms with E-state index in [1.54, 1.807) is 0 Å². The van der Waals surface area contributed by atoms with Crippen LogP contribution in [0.1, 0.15) is 25.5 Å². The molecule has 29 heavy (non-hydrogen) atoms. The second kappa shape index (κ2) is 11.8. The fraction of sp³-hybridized carbons (Fsp3) is 0.455. The molecule has 0 spiro atoms. The highest BCUT2D eigenvalue weighted by Crippen LogP contribution is 2.19. The van der Waals surface area contributed by atoms with Crippen LogP contribution in [0.2, 0.25) is 0 Å². The van der Waals surface area contributed by atoms with Crippen LogP contribution in [0.3, 0.4) is 0 Å². The first-order chi connectivity index (χ1) is 13.7. The molecule has 2 heterocycles. The van der Waals surface area contributed by atoms with E-state index in [4.69, 9.17) is 4.99 Å². The number of benzene rings is 1. The highest BCUT2D eigenvalue weighted by atomic mass is 127. The maximum atomic E-state index is 4.77. The molecule has 2 N–H and O–H groups in total. The molecule has 3 rings (SSSR count). The van der Waals surface area contributed by atoms with Crippen molar-refractivity contribution < 1.29 is 0 Å². The summed E-state index contributed by atoms with van der Waals surface area (Å²) in [6.07, 6.45) is 2.33. The van der Waals surface area contributed by atoms with Crippen LogP contribution in [0, 0.1) is 0 Å². The van der Waals surface area contributed by atoms with Crippen molar-refractivity contribution in [1.82, 2.24) is 15.6 Å². The van der Waals surface area contributed by atoms with E-state index in [9.17, 15) is 0 Å². The zero-order chi connectivity index (χ0) is 19.8. The number of halogens is 1. The highest BCUT2D eigenvalue weighted by molar-refractivity contribution is 14.0. The van der Waals surface area contributed by atoms with Crippen LogP contribution in [0.25, 0.3) is 0 Å². The van der Waals surface area contributed by atoms with Crippen molar-refractivity contribution in [2.45, 2.75) is 32.4 Å². The lowest BCUT2D eigenvalue weighted by Crippen LogP contribution is -2.51. The molecule has 158 valence electrons. The van der Waals surface area contributed by atoms with Gasteiger partial charge in [0.1, 0.15) is 5.82 Å². The van der Waals surface area contributed by atoms with E-state index >= 15 is 0 Å². The van der Waals surface area contributed by atoms with Gasteiger partial charge in [-0.05, 0) is 44.0 Å². The summed E-state index contributed by atoms with van der Waals surface area (Å²) < 4.78 is 0. The first-order valence-corrected chi connectivity index (χ1v) is 10.1. The van der Waals surface area contributed by atoms with Crippen molar-refractivity contribution in [1.29, 1.82) is 0 Å². The van der Waals surface area contributed by atoms with E-state index in [0.29, 0.717) is 12.6 Å². The van der Waals surface area contributed by atoms with Gasteiger partial charge in [0.05, 0.1) is 12.2 Å². The number of piperidine rings is 1. The number of hydrogen-bond donors (Lipinski definition) is 2. The number of guanidine groups is 1. The molecule has 1 aliphatic heterocycles. The second-order valence-electron chi connectivity index (χ2n) is 7.34. The molecule has 1 aromatic heterocycles. The third-order valence-corrected chi connectivity index (χ3v) is 4.88. The monoisotopic (exact) mass is 508 g/mol. The smallest absolute Gasteiger partial charge is 0.191 e. The lowest BCUT2D eigenvalue weighted by molar-refractivity contribution is 0.468. The van der Waals surface area contributed by atoms with Gasteiger partial charge in [0.15, 0.2) is 5.96 Å². The Bertz CT molecular complexity index is 765. The molecule has 1 saturated heterocycles. The Morgan fingerprint density at radius 3 is 2.69 bits per heavy atom. The molecule has 2 aromatic rings. The highest BCUT2D eigenvalue weighted by Gasteiger charge is 2.20. The van der Waals surface area contributed by atoms with Crippen LogP contribution < -0.4 is 20.4 Å². The second-order valence-corrected chi connectivity index (χ2v) is 7.34. The largest absolute Gasteiger partial charge is 0.369 e. The Morgan fingerprint density at radius 2 is 1.97 bits per heavy atom. The van der Waals surface area contributed by atoms with E-state index in [2.05, 4.69) is 57.8 Å². The predicted octanol–water partition coefficient (Wildman–Crippen LogP) is 3.49. The molecule has 1 unspecified atom stereocenters. The number of para-hydroxylation sites is 1. The Hall–Kier alpha value is -2.03. The maximum Gasteiger partial charge on any atom is 0.191 e. The maximum absolute atomic E-state index is 4.77. The average Bonchev–Trinajstić information content (AvgIpc) is 2.73. The Balaban J connectivity index is 0.00000300. The van der Waals surface area contributed by atoms with E-state index in [1.807, 2.05) is 37.2 Å². The topological polar surface area (TPSA) is 55.8 Å². The number of rotatable bonds is 6. The predicted molar refractivity (Wildman–Crippen MR) is 134 cm³/mol. The minimum atomic E-state index is 0. The van der Waals surface area contributed by atoms with E-state index in [1.165, 1.54) is 12.1 Å². The van der Waals surface area contributed by atoms with Crippen LogP contribution in [0.5, 0.6) is 0 Å². The van der Waals surface area contributed by atoms with E-state index in [0.717, 1.165) is 43.5 Å². The summed E-state index contributed by atoms with van der Waals surface area (Å²) in [4.78, 5) is 13.9. The number of aliphatic imine (C=N–C) groups is 1. The van der Waals surface area contributed by atoms with Gasteiger partial charge in [0.25, 0.3) is 0 Å². The number of nitrogens with zero attached hydrogens (tertiary/aromatic N) is 4. The van der Waals surface area contributed by atoms with E-state index in [-0.39, 0.29) is 24.0 Å². The fourth-order valence-corrected chi connectivity index (χ4v) is 3.45. The summed E-state index contributed by atoms with van der Waals surface area (Å²) in [5, 5.41) is 7.00. The number of nitrogens with one attached hydrogen (secondary N) is 2. The molecular formula is C22H33IN6. The lowest BCUT2D eigenvalue weighted by Gasteiger charge is -2.35. The first-order valence-electron chi connectivity index (χ1n) is 10.1. The van der Waals surface area contributed by atoms with Gasteiger partial charge in [-0.25, -0.2) is 9.98 Å². The van der Waals surface area contributed by atoms with Crippen LogP contribution in [0.4, 0.5) is 11.5 Å². The fourth-order valence-electron chi connectivity index (χ4n) is 3.45. The minimum Gasteiger partial charge on any atom is -0.369 e. The Kier molecular flexibility index (Phi) is 9.50. The first kappa shape index (κ1) is 23.3. The quantitative estimate of drug-likeness (QED) is 0.356. The normalized spacial score (nSPS) is 16.7. The molecule has 0 bridgehead atoms. The molecule has 7 heteroatoms. The van der Waals surface area contributed by atoms with Crippen molar-refractivity contribution >= 4 is 41.4 Å². The van der Waals surface area contributed by atoms with Gasteiger partial charge in [-0.2, -0.15) is 0 Å². The van der Waals surface area contributed by atoms with Crippen LogP contribution >= 0.6 is 24.0 Å². The molecule has 0 radical (unpaired) electrons. The van der Waals surface area contributed by atoms with Gasteiger partial charge in [0.2, 0.25) is 0 Å². The number of anilines is 2. The van der Waals surface area contributed by atoms with Crippen LogP contribution in [-0.2, 0) is 6.54 Å². The SMILES string of the molecule is CCNC(=NCc1cccc(N(C)C)n1)NC1CCCN(c2ccccc2)C1.I. The number of aromatic nitrogens is 1.